The first-order valence-electron chi connectivity index (χ1n) is 12.3. The highest BCUT2D eigenvalue weighted by Gasteiger charge is 2.55. The number of nitrogens with one attached hydrogen (secondary N) is 1. The molecule has 6 rings (SSSR count). The van der Waals surface area contributed by atoms with E-state index in [9.17, 15) is 9.59 Å². The van der Waals surface area contributed by atoms with Gasteiger partial charge in [-0.1, -0.05) is 32.0 Å². The Hall–Kier alpha value is -1.88. The molecule has 2 amide bonds. The van der Waals surface area contributed by atoms with E-state index in [0.717, 1.165) is 68.9 Å². The van der Waals surface area contributed by atoms with Crippen molar-refractivity contribution in [1.82, 2.24) is 9.80 Å². The Labute approximate surface area is 186 Å². The van der Waals surface area contributed by atoms with Gasteiger partial charge in [0.2, 0.25) is 11.8 Å². The predicted molar refractivity (Wildman–Crippen MR) is 123 cm³/mol. The van der Waals surface area contributed by atoms with Crippen molar-refractivity contribution in [2.75, 3.05) is 38.0 Å². The van der Waals surface area contributed by atoms with E-state index in [-0.39, 0.29) is 11.3 Å². The van der Waals surface area contributed by atoms with E-state index in [1.165, 1.54) is 24.8 Å². The normalized spacial score (nSPS) is 32.5. The Morgan fingerprint density at radius 2 is 1.55 bits per heavy atom. The summed E-state index contributed by atoms with van der Waals surface area (Å²) >= 11 is 0. The second-order valence-corrected chi connectivity index (χ2v) is 11.1. The maximum atomic E-state index is 13.6. The molecule has 1 aliphatic heterocycles. The predicted octanol–water partition coefficient (Wildman–Crippen LogP) is 4.11. The minimum atomic E-state index is -0.0468. The maximum Gasteiger partial charge on any atom is 0.238 e. The van der Waals surface area contributed by atoms with Gasteiger partial charge in [0, 0.05) is 31.9 Å². The van der Waals surface area contributed by atoms with Gasteiger partial charge in [-0.15, -0.1) is 0 Å². The molecule has 5 heteroatoms. The molecular weight excluding hydrogens is 386 g/mol. The molecule has 0 unspecified atom stereocenters. The van der Waals surface area contributed by atoms with E-state index in [2.05, 4.69) is 35.0 Å². The molecule has 4 saturated carbocycles. The van der Waals surface area contributed by atoms with Crippen molar-refractivity contribution < 1.29 is 9.59 Å². The Balaban J connectivity index is 1.14. The molecule has 0 aromatic heterocycles. The lowest BCUT2D eigenvalue weighted by Gasteiger charge is -2.57. The molecule has 168 valence electrons. The maximum absolute atomic E-state index is 13.6. The molecule has 0 spiro atoms. The lowest BCUT2D eigenvalue weighted by atomic mass is 9.49. The van der Waals surface area contributed by atoms with Crippen molar-refractivity contribution in [3.05, 3.63) is 29.8 Å². The third-order valence-electron chi connectivity index (χ3n) is 8.38. The number of hydrogen-bond acceptors (Lipinski definition) is 3. The third kappa shape index (κ3) is 4.13. The minimum absolute atomic E-state index is 0.0361. The highest BCUT2D eigenvalue weighted by atomic mass is 16.2. The average molecular weight is 424 g/mol. The van der Waals surface area contributed by atoms with E-state index in [1.807, 2.05) is 18.2 Å². The summed E-state index contributed by atoms with van der Waals surface area (Å²) in [4.78, 5) is 30.5. The Bertz CT molecular complexity index is 806. The number of amides is 2. The zero-order chi connectivity index (χ0) is 21.6. The number of nitrogens with zero attached hydrogens (tertiary/aromatic N) is 2. The van der Waals surface area contributed by atoms with Gasteiger partial charge in [-0.25, -0.2) is 0 Å². The van der Waals surface area contributed by atoms with Crippen molar-refractivity contribution in [2.45, 2.75) is 58.3 Å². The van der Waals surface area contributed by atoms with Crippen LogP contribution in [0.15, 0.2) is 24.3 Å². The van der Waals surface area contributed by atoms with E-state index >= 15 is 0 Å². The van der Waals surface area contributed by atoms with Gasteiger partial charge in [-0.2, -0.15) is 0 Å². The van der Waals surface area contributed by atoms with Gasteiger partial charge in [-0.3, -0.25) is 14.5 Å². The molecule has 5 fully saturated rings. The molecule has 4 aliphatic carbocycles. The summed E-state index contributed by atoms with van der Waals surface area (Å²) in [5.74, 6) is 3.24. The van der Waals surface area contributed by atoms with Gasteiger partial charge >= 0.3 is 0 Å². The zero-order valence-corrected chi connectivity index (χ0v) is 19.1. The van der Waals surface area contributed by atoms with Crippen LogP contribution in [-0.2, 0) is 9.59 Å². The molecule has 1 aromatic carbocycles. The fourth-order valence-electron chi connectivity index (χ4n) is 7.32. The topological polar surface area (TPSA) is 52.7 Å². The number of piperazine rings is 1. The lowest BCUT2D eigenvalue weighted by molar-refractivity contribution is -0.159. The van der Waals surface area contributed by atoms with Gasteiger partial charge in [0.1, 0.15) is 0 Å². The largest absolute Gasteiger partial charge is 0.340 e. The molecule has 5 nitrogen and oxygen atoms in total. The molecule has 1 N–H and O–H groups in total. The van der Waals surface area contributed by atoms with E-state index in [1.54, 1.807) is 0 Å². The highest BCUT2D eigenvalue weighted by Crippen LogP contribution is 2.60. The van der Waals surface area contributed by atoms with Crippen molar-refractivity contribution in [3.63, 3.8) is 0 Å². The van der Waals surface area contributed by atoms with Crippen molar-refractivity contribution >= 4 is 17.5 Å². The average Bonchev–Trinajstić information content (AvgIpc) is 2.73. The Morgan fingerprint density at radius 3 is 2.13 bits per heavy atom. The standard InChI is InChI=1S/C26H37N3O2/c1-18(2)22-5-3-4-6-23(22)27-24(30)17-28-7-9-29(10-8-28)25(31)26-14-19-11-20(15-26)13-21(12-19)16-26/h3-6,18-21H,7-17H2,1-2H3,(H,27,30). The van der Waals surface area contributed by atoms with Gasteiger partial charge in [0.15, 0.2) is 0 Å². The molecule has 5 aliphatic rings. The first-order chi connectivity index (χ1) is 14.9. The third-order valence-corrected chi connectivity index (χ3v) is 8.38. The van der Waals surface area contributed by atoms with Crippen molar-refractivity contribution in [3.8, 4) is 0 Å². The van der Waals surface area contributed by atoms with Crippen LogP contribution in [0, 0.1) is 23.2 Å². The van der Waals surface area contributed by atoms with E-state index in [0.29, 0.717) is 18.4 Å². The van der Waals surface area contributed by atoms with Crippen LogP contribution in [0.4, 0.5) is 5.69 Å². The second-order valence-electron chi connectivity index (χ2n) is 11.1. The van der Waals surface area contributed by atoms with E-state index in [4.69, 9.17) is 0 Å². The first-order valence-corrected chi connectivity index (χ1v) is 12.3. The summed E-state index contributed by atoms with van der Waals surface area (Å²) in [6, 6.07) is 8.05. The molecule has 1 heterocycles. The minimum Gasteiger partial charge on any atom is -0.340 e. The Morgan fingerprint density at radius 1 is 0.968 bits per heavy atom. The van der Waals surface area contributed by atoms with Crippen LogP contribution < -0.4 is 5.32 Å². The zero-order valence-electron chi connectivity index (χ0n) is 19.1. The van der Waals surface area contributed by atoms with Crippen LogP contribution in [0.2, 0.25) is 0 Å². The molecule has 4 bridgehead atoms. The number of para-hydroxylation sites is 1. The summed E-state index contributed by atoms with van der Waals surface area (Å²) in [7, 11) is 0. The summed E-state index contributed by atoms with van der Waals surface area (Å²) in [5.41, 5.74) is 2.04. The summed E-state index contributed by atoms with van der Waals surface area (Å²) in [6.45, 7) is 7.78. The Kier molecular flexibility index (Phi) is 5.58. The van der Waals surface area contributed by atoms with Crippen LogP contribution in [0.1, 0.15) is 63.9 Å². The molecule has 1 saturated heterocycles. The highest BCUT2D eigenvalue weighted by molar-refractivity contribution is 5.93. The second kappa shape index (κ2) is 8.23. The monoisotopic (exact) mass is 423 g/mol. The number of carbonyl (C=O) groups is 2. The van der Waals surface area contributed by atoms with Crippen LogP contribution in [0.3, 0.4) is 0 Å². The molecule has 31 heavy (non-hydrogen) atoms. The molecular formula is C26H37N3O2. The van der Waals surface area contributed by atoms with Crippen molar-refractivity contribution in [1.29, 1.82) is 0 Å². The van der Waals surface area contributed by atoms with Crippen LogP contribution >= 0.6 is 0 Å². The summed E-state index contributed by atoms with van der Waals surface area (Å²) in [5, 5.41) is 3.10. The lowest BCUT2D eigenvalue weighted by Crippen LogP contribution is -2.58. The van der Waals surface area contributed by atoms with Crippen molar-refractivity contribution in [2.24, 2.45) is 23.2 Å². The van der Waals surface area contributed by atoms with E-state index < -0.39 is 0 Å². The quantitative estimate of drug-likeness (QED) is 0.775. The number of anilines is 1. The first kappa shape index (κ1) is 21.0. The molecule has 0 radical (unpaired) electrons. The summed E-state index contributed by atoms with van der Waals surface area (Å²) in [6.07, 6.45) is 7.52. The number of rotatable bonds is 5. The molecule has 0 atom stereocenters. The van der Waals surface area contributed by atoms with Gasteiger partial charge in [-0.05, 0) is 73.8 Å². The number of hydrogen-bond donors (Lipinski definition) is 1. The molecule has 1 aromatic rings. The van der Waals surface area contributed by atoms with Gasteiger partial charge in [0.05, 0.1) is 12.0 Å². The smallest absolute Gasteiger partial charge is 0.238 e. The van der Waals surface area contributed by atoms with Gasteiger partial charge < -0.3 is 10.2 Å². The fourth-order valence-corrected chi connectivity index (χ4v) is 7.32. The van der Waals surface area contributed by atoms with Gasteiger partial charge in [0.25, 0.3) is 0 Å². The van der Waals surface area contributed by atoms with Crippen LogP contribution in [0.5, 0.6) is 0 Å². The van der Waals surface area contributed by atoms with Crippen LogP contribution in [0.25, 0.3) is 0 Å². The van der Waals surface area contributed by atoms with Crippen LogP contribution in [-0.4, -0.2) is 54.3 Å². The SMILES string of the molecule is CC(C)c1ccccc1NC(=O)CN1CCN(C(=O)C23CC4CC(CC(C4)C2)C3)CC1. The fraction of sp³-hybridized carbons (Fsp3) is 0.692. The number of carbonyl (C=O) groups excluding carboxylic acids is 2. The summed E-state index contributed by atoms with van der Waals surface area (Å²) < 4.78 is 0. The number of benzene rings is 1.